The largest absolute Gasteiger partial charge is 0.469 e. The molecule has 17 heavy (non-hydrogen) atoms. The van der Waals surface area contributed by atoms with E-state index in [1.165, 1.54) is 7.11 Å². The van der Waals surface area contributed by atoms with E-state index in [0.717, 1.165) is 24.6 Å². The van der Waals surface area contributed by atoms with Gasteiger partial charge >= 0.3 is 12.1 Å². The van der Waals surface area contributed by atoms with E-state index in [2.05, 4.69) is 4.74 Å². The molecule has 1 aliphatic carbocycles. The van der Waals surface area contributed by atoms with Crippen molar-refractivity contribution >= 4 is 17.7 Å². The van der Waals surface area contributed by atoms with Crippen LogP contribution in [0.5, 0.6) is 0 Å². The Morgan fingerprint density at radius 2 is 2.12 bits per heavy atom. The number of alkyl halides is 3. The molecule has 1 saturated carbocycles. The van der Waals surface area contributed by atoms with E-state index >= 15 is 0 Å². The summed E-state index contributed by atoms with van der Waals surface area (Å²) in [4.78, 5) is 11.1. The molecule has 1 fully saturated rings. The zero-order valence-electron chi connectivity index (χ0n) is 9.42. The summed E-state index contributed by atoms with van der Waals surface area (Å²) < 4.78 is 40.6. The van der Waals surface area contributed by atoms with Crippen LogP contribution in [0.2, 0.25) is 0 Å². The maximum absolute atomic E-state index is 12.0. The van der Waals surface area contributed by atoms with Crippen molar-refractivity contribution in [3.05, 3.63) is 0 Å². The molecule has 1 rings (SSSR count). The third kappa shape index (κ3) is 4.75. The molecule has 0 radical (unpaired) electrons. The average Bonchev–Trinajstić information content (AvgIpc) is 2.96. The number of carbonyl (C=O) groups is 1. The Morgan fingerprint density at radius 3 is 2.53 bits per heavy atom. The number of aliphatic hydroxyl groups is 1. The van der Waals surface area contributed by atoms with Crippen LogP contribution in [-0.4, -0.2) is 42.0 Å². The van der Waals surface area contributed by atoms with Crippen molar-refractivity contribution in [2.45, 2.75) is 31.5 Å². The lowest BCUT2D eigenvalue weighted by Crippen LogP contribution is -2.31. The SMILES string of the molecule is COC(=O)CC1(CSCC(O)C(F)(F)F)CC1. The van der Waals surface area contributed by atoms with Crippen LogP contribution in [0.3, 0.4) is 0 Å². The monoisotopic (exact) mass is 272 g/mol. The Hall–Kier alpha value is -0.430. The fourth-order valence-electron chi connectivity index (χ4n) is 1.41. The first-order chi connectivity index (χ1) is 7.79. The predicted octanol–water partition coefficient (Wildman–Crippen LogP) is 1.99. The van der Waals surface area contributed by atoms with Gasteiger partial charge in [-0.05, 0) is 24.0 Å². The van der Waals surface area contributed by atoms with Crippen molar-refractivity contribution in [2.75, 3.05) is 18.6 Å². The highest BCUT2D eigenvalue weighted by Crippen LogP contribution is 2.51. The number of hydrogen-bond acceptors (Lipinski definition) is 4. The number of thioether (sulfide) groups is 1. The molecule has 1 unspecified atom stereocenters. The van der Waals surface area contributed by atoms with E-state index in [9.17, 15) is 18.0 Å². The third-order valence-electron chi connectivity index (χ3n) is 2.77. The van der Waals surface area contributed by atoms with Gasteiger partial charge in [-0.25, -0.2) is 0 Å². The average molecular weight is 272 g/mol. The fourth-order valence-corrected chi connectivity index (χ4v) is 2.76. The van der Waals surface area contributed by atoms with Gasteiger partial charge in [0.15, 0.2) is 6.10 Å². The second kappa shape index (κ2) is 5.48. The van der Waals surface area contributed by atoms with Crippen molar-refractivity contribution < 1.29 is 27.8 Å². The molecule has 0 heterocycles. The van der Waals surface area contributed by atoms with Gasteiger partial charge in [0.25, 0.3) is 0 Å². The molecule has 0 aromatic heterocycles. The van der Waals surface area contributed by atoms with Crippen LogP contribution in [-0.2, 0) is 9.53 Å². The van der Waals surface area contributed by atoms with E-state index in [4.69, 9.17) is 5.11 Å². The van der Waals surface area contributed by atoms with E-state index in [1.807, 2.05) is 0 Å². The summed E-state index contributed by atoms with van der Waals surface area (Å²) in [6, 6.07) is 0. The topological polar surface area (TPSA) is 46.5 Å². The Labute approximate surface area is 102 Å². The zero-order chi connectivity index (χ0) is 13.1. The summed E-state index contributed by atoms with van der Waals surface area (Å²) in [5.41, 5.74) is -0.205. The fraction of sp³-hybridized carbons (Fsp3) is 0.900. The second-order valence-corrected chi connectivity index (χ2v) is 5.36. The summed E-state index contributed by atoms with van der Waals surface area (Å²) in [6.07, 6.45) is -4.94. The molecule has 1 N–H and O–H groups in total. The molecule has 0 saturated heterocycles. The zero-order valence-corrected chi connectivity index (χ0v) is 10.2. The normalized spacial score (nSPS) is 19.8. The third-order valence-corrected chi connectivity index (χ3v) is 4.13. The minimum Gasteiger partial charge on any atom is -0.469 e. The highest BCUT2D eigenvalue weighted by Gasteiger charge is 2.45. The van der Waals surface area contributed by atoms with E-state index < -0.39 is 12.3 Å². The van der Waals surface area contributed by atoms with Gasteiger partial charge in [0, 0.05) is 5.75 Å². The first-order valence-corrected chi connectivity index (χ1v) is 6.34. The van der Waals surface area contributed by atoms with Crippen LogP contribution in [0, 0.1) is 5.41 Å². The second-order valence-electron chi connectivity index (χ2n) is 4.33. The van der Waals surface area contributed by atoms with E-state index in [0.29, 0.717) is 5.75 Å². The maximum atomic E-state index is 12.0. The van der Waals surface area contributed by atoms with Crippen molar-refractivity contribution in [2.24, 2.45) is 5.41 Å². The number of rotatable bonds is 6. The maximum Gasteiger partial charge on any atom is 0.415 e. The molecule has 100 valence electrons. The smallest absolute Gasteiger partial charge is 0.415 e. The van der Waals surface area contributed by atoms with Crippen LogP contribution in [0.4, 0.5) is 13.2 Å². The summed E-state index contributed by atoms with van der Waals surface area (Å²) in [6.45, 7) is 0. The Morgan fingerprint density at radius 1 is 1.53 bits per heavy atom. The Balaban J connectivity index is 2.25. The van der Waals surface area contributed by atoms with Gasteiger partial charge in [-0.1, -0.05) is 0 Å². The van der Waals surface area contributed by atoms with Gasteiger partial charge in [0.1, 0.15) is 0 Å². The molecular formula is C10H15F3O3S. The molecule has 7 heteroatoms. The predicted molar refractivity (Wildman–Crippen MR) is 57.7 cm³/mol. The first-order valence-electron chi connectivity index (χ1n) is 5.18. The van der Waals surface area contributed by atoms with Gasteiger partial charge in [-0.3, -0.25) is 4.79 Å². The van der Waals surface area contributed by atoms with Crippen LogP contribution in [0.1, 0.15) is 19.3 Å². The van der Waals surface area contributed by atoms with Gasteiger partial charge in [-0.15, -0.1) is 0 Å². The minimum absolute atomic E-state index is 0.205. The molecule has 0 aromatic rings. The van der Waals surface area contributed by atoms with Crippen molar-refractivity contribution in [3.63, 3.8) is 0 Å². The number of aliphatic hydroxyl groups excluding tert-OH is 1. The summed E-state index contributed by atoms with van der Waals surface area (Å²) >= 11 is 1.03. The van der Waals surface area contributed by atoms with Crippen molar-refractivity contribution in [1.82, 2.24) is 0 Å². The van der Waals surface area contributed by atoms with Gasteiger partial charge in [-0.2, -0.15) is 24.9 Å². The van der Waals surface area contributed by atoms with Crippen LogP contribution >= 0.6 is 11.8 Å². The number of esters is 1. The molecule has 0 bridgehead atoms. The standard InChI is InChI=1S/C10H15F3O3S/c1-16-8(15)4-9(2-3-9)6-17-5-7(14)10(11,12)13/h7,14H,2-6H2,1H3. The van der Waals surface area contributed by atoms with Crippen LogP contribution in [0.15, 0.2) is 0 Å². The number of methoxy groups -OCH3 is 1. The lowest BCUT2D eigenvalue weighted by atomic mass is 10.1. The number of ether oxygens (including phenoxy) is 1. The molecule has 0 aromatic carbocycles. The molecule has 1 aliphatic rings. The summed E-state index contributed by atoms with van der Waals surface area (Å²) in [5, 5.41) is 8.79. The Bertz CT molecular complexity index is 276. The Kier molecular flexibility index (Phi) is 4.71. The van der Waals surface area contributed by atoms with Gasteiger partial charge in [0.05, 0.1) is 13.5 Å². The summed E-state index contributed by atoms with van der Waals surface area (Å²) in [5.74, 6) is -0.263. The van der Waals surface area contributed by atoms with Crippen LogP contribution < -0.4 is 0 Å². The van der Waals surface area contributed by atoms with E-state index in [-0.39, 0.29) is 23.6 Å². The lowest BCUT2D eigenvalue weighted by Gasteiger charge is -2.16. The summed E-state index contributed by atoms with van der Waals surface area (Å²) in [7, 11) is 1.29. The quantitative estimate of drug-likeness (QED) is 0.751. The first kappa shape index (κ1) is 14.6. The molecule has 3 nitrogen and oxygen atoms in total. The molecule has 0 aliphatic heterocycles. The van der Waals surface area contributed by atoms with Crippen molar-refractivity contribution in [1.29, 1.82) is 0 Å². The number of carbonyl (C=O) groups excluding carboxylic acids is 1. The van der Waals surface area contributed by atoms with Crippen LogP contribution in [0.25, 0.3) is 0 Å². The van der Waals surface area contributed by atoms with Gasteiger partial charge < -0.3 is 9.84 Å². The highest BCUT2D eigenvalue weighted by atomic mass is 32.2. The van der Waals surface area contributed by atoms with E-state index in [1.54, 1.807) is 0 Å². The number of halogens is 3. The molecule has 0 amide bonds. The van der Waals surface area contributed by atoms with Gasteiger partial charge in [0.2, 0.25) is 0 Å². The lowest BCUT2D eigenvalue weighted by molar-refractivity contribution is -0.195. The minimum atomic E-state index is -4.56. The highest BCUT2D eigenvalue weighted by molar-refractivity contribution is 7.99. The molecule has 1 atom stereocenters. The molecule has 0 spiro atoms. The molecular weight excluding hydrogens is 257 g/mol. The number of hydrogen-bond donors (Lipinski definition) is 1. The van der Waals surface area contributed by atoms with Crippen molar-refractivity contribution in [3.8, 4) is 0 Å².